The normalized spacial score (nSPS) is 37.1. The van der Waals surface area contributed by atoms with Crippen LogP contribution < -0.4 is 5.32 Å². The molecule has 5 nitrogen and oxygen atoms in total. The van der Waals surface area contributed by atoms with E-state index in [9.17, 15) is 14.4 Å². The lowest BCUT2D eigenvalue weighted by atomic mass is 9.63. The van der Waals surface area contributed by atoms with Gasteiger partial charge in [-0.3, -0.25) is 19.3 Å². The third-order valence-electron chi connectivity index (χ3n) is 6.20. The molecule has 5 aliphatic rings. The molecule has 1 saturated heterocycles. The van der Waals surface area contributed by atoms with Gasteiger partial charge in [-0.15, -0.1) is 0 Å². The SMILES string of the molecule is O=C(CN1C(=O)[C@@H]2[C@H]3C=C[C@@H]([C@@H]4C[C@H]34)[C@@H]2C1=O)Nc1ccccc1I. The number of hydrogen-bond donors (Lipinski definition) is 1. The highest BCUT2D eigenvalue weighted by atomic mass is 127. The van der Waals surface area contributed by atoms with Gasteiger partial charge < -0.3 is 5.32 Å². The van der Waals surface area contributed by atoms with Crippen molar-refractivity contribution in [2.75, 3.05) is 11.9 Å². The third kappa shape index (κ3) is 2.22. The van der Waals surface area contributed by atoms with Crippen LogP contribution in [-0.4, -0.2) is 29.2 Å². The van der Waals surface area contributed by atoms with Crippen LogP contribution in [0.15, 0.2) is 36.4 Å². The van der Waals surface area contributed by atoms with Gasteiger partial charge in [-0.2, -0.15) is 0 Å². The Morgan fingerprint density at radius 3 is 2.28 bits per heavy atom. The summed E-state index contributed by atoms with van der Waals surface area (Å²) < 4.78 is 0.920. The summed E-state index contributed by atoms with van der Waals surface area (Å²) in [4.78, 5) is 39.3. The molecule has 6 heteroatoms. The number of para-hydroxylation sites is 1. The predicted molar refractivity (Wildman–Crippen MR) is 99.2 cm³/mol. The molecule has 1 aromatic rings. The molecule has 0 radical (unpaired) electrons. The average Bonchev–Trinajstić information content (AvgIpc) is 3.38. The van der Waals surface area contributed by atoms with Gasteiger partial charge in [-0.25, -0.2) is 0 Å². The molecule has 0 spiro atoms. The van der Waals surface area contributed by atoms with Gasteiger partial charge in [0.1, 0.15) is 6.54 Å². The molecule has 6 rings (SSSR count). The van der Waals surface area contributed by atoms with E-state index in [0.717, 1.165) is 9.99 Å². The molecule has 2 saturated carbocycles. The van der Waals surface area contributed by atoms with Gasteiger partial charge in [-0.05, 0) is 64.8 Å². The number of benzene rings is 1. The van der Waals surface area contributed by atoms with Gasteiger partial charge in [0.15, 0.2) is 0 Å². The van der Waals surface area contributed by atoms with Crippen molar-refractivity contribution < 1.29 is 14.4 Å². The minimum absolute atomic E-state index is 0.155. The first-order chi connectivity index (χ1) is 12.1. The van der Waals surface area contributed by atoms with Gasteiger partial charge in [0.05, 0.1) is 17.5 Å². The van der Waals surface area contributed by atoms with Crippen LogP contribution in [0.3, 0.4) is 0 Å². The lowest BCUT2D eigenvalue weighted by Crippen LogP contribution is -2.40. The number of imide groups is 1. The molecule has 1 N–H and O–H groups in total. The maximum absolute atomic E-state index is 12.8. The van der Waals surface area contributed by atoms with Crippen LogP contribution in [0, 0.1) is 39.1 Å². The van der Waals surface area contributed by atoms with E-state index in [1.807, 2.05) is 24.3 Å². The number of nitrogens with one attached hydrogen (secondary N) is 1. The molecule has 0 aromatic heterocycles. The van der Waals surface area contributed by atoms with E-state index < -0.39 is 0 Å². The minimum atomic E-state index is -0.324. The summed E-state index contributed by atoms with van der Waals surface area (Å²) in [6, 6.07) is 7.44. The topological polar surface area (TPSA) is 66.5 Å². The van der Waals surface area contributed by atoms with Crippen LogP contribution in [0.1, 0.15) is 6.42 Å². The number of likely N-dealkylation sites (tertiary alicyclic amines) is 1. The van der Waals surface area contributed by atoms with Crippen LogP contribution >= 0.6 is 22.6 Å². The maximum Gasteiger partial charge on any atom is 0.244 e. The fourth-order valence-electron chi connectivity index (χ4n) is 5.07. The Morgan fingerprint density at radius 1 is 1.08 bits per heavy atom. The highest BCUT2D eigenvalue weighted by molar-refractivity contribution is 14.1. The number of rotatable bonds is 3. The van der Waals surface area contributed by atoms with E-state index in [0.29, 0.717) is 17.5 Å². The number of amides is 3. The van der Waals surface area contributed by atoms with Crippen molar-refractivity contribution in [3.8, 4) is 0 Å². The number of hydrogen-bond acceptors (Lipinski definition) is 3. The molecule has 1 aromatic carbocycles. The molecule has 25 heavy (non-hydrogen) atoms. The monoisotopic (exact) mass is 448 g/mol. The van der Waals surface area contributed by atoms with E-state index in [1.54, 1.807) is 0 Å². The molecule has 6 atom stereocenters. The van der Waals surface area contributed by atoms with Crippen molar-refractivity contribution in [3.63, 3.8) is 0 Å². The van der Waals surface area contributed by atoms with Gasteiger partial charge in [-0.1, -0.05) is 24.3 Å². The molecule has 2 bridgehead atoms. The molecule has 0 unspecified atom stereocenters. The quantitative estimate of drug-likeness (QED) is 0.439. The summed E-state index contributed by atoms with van der Waals surface area (Å²) in [5.74, 6) is 0.427. The highest BCUT2D eigenvalue weighted by Gasteiger charge is 2.67. The molecule has 1 heterocycles. The Morgan fingerprint density at radius 2 is 1.68 bits per heavy atom. The zero-order valence-corrected chi connectivity index (χ0v) is 15.5. The Bertz CT molecular complexity index is 800. The number of carbonyl (C=O) groups excluding carboxylic acids is 3. The lowest BCUT2D eigenvalue weighted by molar-refractivity contribution is -0.142. The van der Waals surface area contributed by atoms with Crippen LogP contribution in [0.4, 0.5) is 5.69 Å². The van der Waals surface area contributed by atoms with Gasteiger partial charge in [0, 0.05) is 3.57 Å². The second-order valence-electron chi connectivity index (χ2n) is 7.45. The number of anilines is 1. The van der Waals surface area contributed by atoms with Crippen molar-refractivity contribution in [2.45, 2.75) is 6.42 Å². The standard InChI is InChI=1S/C19H17IN2O3/c20-13-3-1-2-4-14(13)21-15(23)8-22-18(24)16-9-5-6-10(12-7-11(9)12)17(16)19(22)25/h1-6,9-12,16-17H,7-8H2,(H,21,23)/t9-,10-,11-,12+,16-,17+/m0/s1. The Labute approximate surface area is 159 Å². The molecular weight excluding hydrogens is 431 g/mol. The third-order valence-corrected chi connectivity index (χ3v) is 7.14. The Balaban J connectivity index is 1.34. The van der Waals surface area contributed by atoms with E-state index in [1.165, 1.54) is 4.90 Å². The predicted octanol–water partition coefficient (Wildman–Crippen LogP) is 2.28. The van der Waals surface area contributed by atoms with Crippen molar-refractivity contribution >= 4 is 46.0 Å². The Hall–Kier alpha value is -1.70. The number of carbonyl (C=O) groups is 3. The smallest absolute Gasteiger partial charge is 0.244 e. The summed E-state index contributed by atoms with van der Waals surface area (Å²) in [5, 5.41) is 2.81. The molecule has 4 aliphatic carbocycles. The molecular formula is C19H17IN2O3. The van der Waals surface area contributed by atoms with Crippen molar-refractivity contribution in [1.82, 2.24) is 4.90 Å². The molecule has 3 amide bonds. The van der Waals surface area contributed by atoms with Crippen molar-refractivity contribution in [1.29, 1.82) is 0 Å². The summed E-state index contributed by atoms with van der Waals surface area (Å²) in [6.07, 6.45) is 5.42. The summed E-state index contributed by atoms with van der Waals surface area (Å²) in [5.41, 5.74) is 0.701. The highest BCUT2D eigenvalue weighted by Crippen LogP contribution is 2.65. The first-order valence-corrected chi connectivity index (χ1v) is 9.72. The average molecular weight is 448 g/mol. The zero-order chi connectivity index (χ0) is 17.3. The summed E-state index contributed by atoms with van der Waals surface area (Å²) >= 11 is 2.14. The van der Waals surface area contributed by atoms with E-state index in [2.05, 4.69) is 40.1 Å². The lowest BCUT2D eigenvalue weighted by Gasteiger charge is -2.37. The van der Waals surface area contributed by atoms with Gasteiger partial charge >= 0.3 is 0 Å². The van der Waals surface area contributed by atoms with Crippen LogP contribution in [0.5, 0.6) is 0 Å². The van der Waals surface area contributed by atoms with Crippen LogP contribution in [0.2, 0.25) is 0 Å². The Kier molecular flexibility index (Phi) is 3.36. The van der Waals surface area contributed by atoms with E-state index in [4.69, 9.17) is 0 Å². The largest absolute Gasteiger partial charge is 0.324 e. The van der Waals surface area contributed by atoms with Crippen molar-refractivity contribution in [3.05, 3.63) is 40.0 Å². The summed E-state index contributed by atoms with van der Waals surface area (Å²) in [6.45, 7) is -0.190. The van der Waals surface area contributed by atoms with Crippen LogP contribution in [-0.2, 0) is 14.4 Å². The van der Waals surface area contributed by atoms with Crippen LogP contribution in [0.25, 0.3) is 0 Å². The fourth-order valence-corrected chi connectivity index (χ4v) is 5.59. The first kappa shape index (κ1) is 15.5. The van der Waals surface area contributed by atoms with E-state index >= 15 is 0 Å². The zero-order valence-electron chi connectivity index (χ0n) is 13.4. The minimum Gasteiger partial charge on any atom is -0.324 e. The second-order valence-corrected chi connectivity index (χ2v) is 8.61. The van der Waals surface area contributed by atoms with E-state index in [-0.39, 0.29) is 47.9 Å². The molecule has 3 fully saturated rings. The van der Waals surface area contributed by atoms with Crippen molar-refractivity contribution in [2.24, 2.45) is 35.5 Å². The second kappa shape index (κ2) is 5.40. The fraction of sp³-hybridized carbons (Fsp3) is 0.421. The molecule has 128 valence electrons. The number of allylic oxidation sites excluding steroid dienone is 2. The number of nitrogens with zero attached hydrogens (tertiary/aromatic N) is 1. The first-order valence-electron chi connectivity index (χ1n) is 8.64. The van der Waals surface area contributed by atoms with Gasteiger partial charge in [0.25, 0.3) is 0 Å². The molecule has 1 aliphatic heterocycles. The maximum atomic E-state index is 12.8. The summed E-state index contributed by atoms with van der Waals surface area (Å²) in [7, 11) is 0. The van der Waals surface area contributed by atoms with Gasteiger partial charge in [0.2, 0.25) is 17.7 Å². The number of halogens is 1.